The number of rotatable bonds is 3. The highest BCUT2D eigenvalue weighted by atomic mass is 35.5. The molecular formula is C10H12ClNOS. The second kappa shape index (κ2) is 5.27. The molecule has 1 atom stereocenters. The maximum atomic E-state index is 11.3. The van der Waals surface area contributed by atoms with Crippen LogP contribution in [0.2, 0.25) is 0 Å². The Labute approximate surface area is 93.0 Å². The van der Waals surface area contributed by atoms with Crippen LogP contribution in [0.5, 0.6) is 0 Å². The summed E-state index contributed by atoms with van der Waals surface area (Å²) in [5.41, 5.74) is 0.786. The molecule has 0 aliphatic heterocycles. The summed E-state index contributed by atoms with van der Waals surface area (Å²) in [6.45, 7) is 1.65. The smallest absolute Gasteiger partial charge is 0.242 e. The summed E-state index contributed by atoms with van der Waals surface area (Å²) in [6.07, 6.45) is 1.99. The number of alkyl halides is 1. The van der Waals surface area contributed by atoms with Crippen LogP contribution in [0.3, 0.4) is 0 Å². The Morgan fingerprint density at radius 3 is 2.86 bits per heavy atom. The first-order valence-electron chi connectivity index (χ1n) is 4.22. The normalized spacial score (nSPS) is 12.2. The number of benzene rings is 1. The zero-order valence-electron chi connectivity index (χ0n) is 8.08. The Balaban J connectivity index is 2.72. The van der Waals surface area contributed by atoms with Crippen molar-refractivity contribution in [2.24, 2.45) is 0 Å². The van der Waals surface area contributed by atoms with E-state index in [-0.39, 0.29) is 5.91 Å². The van der Waals surface area contributed by atoms with Gasteiger partial charge >= 0.3 is 0 Å². The molecule has 0 fully saturated rings. The number of amides is 1. The fourth-order valence-electron chi connectivity index (χ4n) is 0.943. The molecule has 1 aromatic rings. The van der Waals surface area contributed by atoms with E-state index in [0.717, 1.165) is 10.6 Å². The van der Waals surface area contributed by atoms with E-state index in [1.165, 1.54) is 0 Å². The minimum atomic E-state index is -0.507. The summed E-state index contributed by atoms with van der Waals surface area (Å²) in [7, 11) is 0. The van der Waals surface area contributed by atoms with Crippen molar-refractivity contribution in [3.05, 3.63) is 24.3 Å². The molecule has 1 rings (SSSR count). The van der Waals surface area contributed by atoms with Gasteiger partial charge in [0.25, 0.3) is 0 Å². The molecule has 1 N–H and O–H groups in total. The molecule has 1 amide bonds. The molecule has 0 unspecified atom stereocenters. The van der Waals surface area contributed by atoms with Crippen LogP contribution in [0.25, 0.3) is 0 Å². The molecule has 0 saturated carbocycles. The molecule has 0 aromatic heterocycles. The molecule has 0 aliphatic rings. The highest BCUT2D eigenvalue weighted by Crippen LogP contribution is 2.19. The quantitative estimate of drug-likeness (QED) is 0.638. The highest BCUT2D eigenvalue weighted by molar-refractivity contribution is 7.98. The fourth-order valence-corrected chi connectivity index (χ4v) is 1.46. The minimum absolute atomic E-state index is 0.176. The number of halogens is 1. The second-order valence-corrected chi connectivity index (χ2v) is 4.37. The Bertz CT molecular complexity index is 328. The Morgan fingerprint density at radius 1 is 1.57 bits per heavy atom. The van der Waals surface area contributed by atoms with Gasteiger partial charge < -0.3 is 5.32 Å². The zero-order valence-corrected chi connectivity index (χ0v) is 9.65. The highest BCUT2D eigenvalue weighted by Gasteiger charge is 2.08. The summed E-state index contributed by atoms with van der Waals surface area (Å²) in [4.78, 5) is 12.4. The number of thioether (sulfide) groups is 1. The molecular weight excluding hydrogens is 218 g/mol. The van der Waals surface area contributed by atoms with Crippen molar-refractivity contribution in [1.82, 2.24) is 0 Å². The lowest BCUT2D eigenvalue weighted by molar-refractivity contribution is -0.115. The van der Waals surface area contributed by atoms with Gasteiger partial charge in [-0.25, -0.2) is 0 Å². The van der Waals surface area contributed by atoms with Crippen molar-refractivity contribution in [2.45, 2.75) is 17.2 Å². The Kier molecular flexibility index (Phi) is 4.29. The third kappa shape index (κ3) is 3.24. The molecule has 0 bridgehead atoms. The van der Waals surface area contributed by atoms with E-state index in [4.69, 9.17) is 11.6 Å². The predicted molar refractivity (Wildman–Crippen MR) is 62.2 cm³/mol. The van der Waals surface area contributed by atoms with Crippen molar-refractivity contribution in [3.8, 4) is 0 Å². The van der Waals surface area contributed by atoms with E-state index in [1.807, 2.05) is 30.5 Å². The van der Waals surface area contributed by atoms with Gasteiger partial charge in [-0.3, -0.25) is 4.79 Å². The van der Waals surface area contributed by atoms with Crippen LogP contribution in [-0.4, -0.2) is 17.5 Å². The van der Waals surface area contributed by atoms with Gasteiger partial charge in [0.05, 0.1) is 0 Å². The van der Waals surface area contributed by atoms with E-state index >= 15 is 0 Å². The van der Waals surface area contributed by atoms with Crippen molar-refractivity contribution >= 4 is 35.0 Å². The van der Waals surface area contributed by atoms with Gasteiger partial charge in [-0.15, -0.1) is 23.4 Å². The first-order valence-corrected chi connectivity index (χ1v) is 5.88. The van der Waals surface area contributed by atoms with Gasteiger partial charge in [-0.05, 0) is 31.4 Å². The second-order valence-electron chi connectivity index (χ2n) is 2.84. The van der Waals surface area contributed by atoms with E-state index < -0.39 is 5.38 Å². The van der Waals surface area contributed by atoms with Crippen LogP contribution in [0.4, 0.5) is 5.69 Å². The van der Waals surface area contributed by atoms with Crippen molar-refractivity contribution in [3.63, 3.8) is 0 Å². The van der Waals surface area contributed by atoms with Crippen LogP contribution in [-0.2, 0) is 4.79 Å². The molecule has 0 saturated heterocycles. The predicted octanol–water partition coefficient (Wildman–Crippen LogP) is 2.97. The topological polar surface area (TPSA) is 29.1 Å². The monoisotopic (exact) mass is 229 g/mol. The van der Waals surface area contributed by atoms with Crippen LogP contribution in [0.15, 0.2) is 29.2 Å². The van der Waals surface area contributed by atoms with E-state index in [2.05, 4.69) is 5.32 Å². The van der Waals surface area contributed by atoms with Crippen molar-refractivity contribution in [2.75, 3.05) is 11.6 Å². The number of carbonyl (C=O) groups excluding carboxylic acids is 1. The van der Waals surface area contributed by atoms with Crippen LogP contribution in [0, 0.1) is 0 Å². The maximum Gasteiger partial charge on any atom is 0.242 e. The Hall–Kier alpha value is -0.670. The van der Waals surface area contributed by atoms with Gasteiger partial charge in [0.2, 0.25) is 5.91 Å². The van der Waals surface area contributed by atoms with E-state index in [9.17, 15) is 4.79 Å². The summed E-state index contributed by atoms with van der Waals surface area (Å²) in [6, 6.07) is 7.66. The lowest BCUT2D eigenvalue weighted by Gasteiger charge is -2.07. The van der Waals surface area contributed by atoms with Gasteiger partial charge in [0.15, 0.2) is 0 Å². The molecule has 0 heterocycles. The first-order chi connectivity index (χ1) is 6.63. The molecule has 76 valence electrons. The van der Waals surface area contributed by atoms with Gasteiger partial charge in [-0.2, -0.15) is 0 Å². The lowest BCUT2D eigenvalue weighted by atomic mass is 10.3. The fraction of sp³-hybridized carbons (Fsp3) is 0.300. The average Bonchev–Trinajstić information content (AvgIpc) is 2.18. The summed E-state index contributed by atoms with van der Waals surface area (Å²) >= 11 is 7.27. The van der Waals surface area contributed by atoms with Gasteiger partial charge in [0, 0.05) is 10.6 Å². The third-order valence-electron chi connectivity index (χ3n) is 1.70. The van der Waals surface area contributed by atoms with Crippen molar-refractivity contribution in [1.29, 1.82) is 0 Å². The molecule has 0 radical (unpaired) electrons. The maximum absolute atomic E-state index is 11.3. The van der Waals surface area contributed by atoms with E-state index in [1.54, 1.807) is 18.7 Å². The standard InChI is InChI=1S/C10H12ClNOS/c1-7(11)10(13)12-8-4-3-5-9(6-8)14-2/h3-7H,1-2H3,(H,12,13)/t7-/m1/s1. The number of hydrogen-bond donors (Lipinski definition) is 1. The summed E-state index contributed by atoms with van der Waals surface area (Å²) in [5.74, 6) is -0.176. The van der Waals surface area contributed by atoms with Crippen molar-refractivity contribution < 1.29 is 4.79 Å². The molecule has 0 aliphatic carbocycles. The van der Waals surface area contributed by atoms with Gasteiger partial charge in [0.1, 0.15) is 5.38 Å². The molecule has 1 aromatic carbocycles. The summed E-state index contributed by atoms with van der Waals surface area (Å²) < 4.78 is 0. The molecule has 14 heavy (non-hydrogen) atoms. The third-order valence-corrected chi connectivity index (χ3v) is 2.62. The number of carbonyl (C=O) groups is 1. The lowest BCUT2D eigenvalue weighted by Crippen LogP contribution is -2.20. The van der Waals surface area contributed by atoms with Crippen LogP contribution >= 0.6 is 23.4 Å². The Morgan fingerprint density at radius 2 is 2.29 bits per heavy atom. The zero-order chi connectivity index (χ0) is 10.6. The van der Waals surface area contributed by atoms with Gasteiger partial charge in [-0.1, -0.05) is 6.07 Å². The average molecular weight is 230 g/mol. The molecule has 2 nitrogen and oxygen atoms in total. The summed E-state index contributed by atoms with van der Waals surface area (Å²) in [5, 5.41) is 2.23. The van der Waals surface area contributed by atoms with Crippen LogP contribution in [0.1, 0.15) is 6.92 Å². The SMILES string of the molecule is CSc1cccc(NC(=O)[C@@H](C)Cl)c1. The number of hydrogen-bond acceptors (Lipinski definition) is 2. The van der Waals surface area contributed by atoms with E-state index in [0.29, 0.717) is 0 Å². The first kappa shape index (κ1) is 11.4. The number of nitrogens with one attached hydrogen (secondary N) is 1. The largest absolute Gasteiger partial charge is 0.325 e. The minimum Gasteiger partial charge on any atom is -0.325 e. The van der Waals surface area contributed by atoms with Crippen LogP contribution < -0.4 is 5.32 Å². The molecule has 0 spiro atoms. The number of anilines is 1. The molecule has 4 heteroatoms.